The molecule has 0 fully saturated rings. The largest absolute Gasteiger partial charge is 0.480 e. The van der Waals surface area contributed by atoms with E-state index < -0.39 is 23.7 Å². The van der Waals surface area contributed by atoms with Crippen molar-refractivity contribution in [2.75, 3.05) is 5.75 Å². The van der Waals surface area contributed by atoms with Gasteiger partial charge in [0.1, 0.15) is 11.6 Å². The molecule has 2 N–H and O–H groups in total. The summed E-state index contributed by atoms with van der Waals surface area (Å²) in [5.74, 6) is -0.197. The van der Waals surface area contributed by atoms with Crippen molar-refractivity contribution in [2.45, 2.75) is 45.1 Å². The van der Waals surface area contributed by atoms with Crippen LogP contribution in [0.25, 0.3) is 0 Å². The molecule has 1 aromatic heterocycles. The number of rotatable bonds is 6. The number of carbonyl (C=O) groups excluding carboxylic acids is 1. The van der Waals surface area contributed by atoms with Gasteiger partial charge in [-0.05, 0) is 38.8 Å². The van der Waals surface area contributed by atoms with Gasteiger partial charge in [-0.25, -0.2) is 9.59 Å². The third-order valence-corrected chi connectivity index (χ3v) is 3.58. The average molecular weight is 326 g/mol. The maximum atomic E-state index is 11.6. The number of carboxylic acid groups (broad SMARTS) is 1. The molecule has 0 saturated carbocycles. The van der Waals surface area contributed by atoms with Crippen LogP contribution in [-0.2, 0) is 15.3 Å². The van der Waals surface area contributed by atoms with Gasteiger partial charge in [-0.1, -0.05) is 6.07 Å². The Morgan fingerprint density at radius 3 is 2.64 bits per heavy atom. The molecule has 1 atom stereocenters. The first-order valence-corrected chi connectivity index (χ1v) is 8.03. The van der Waals surface area contributed by atoms with E-state index in [-0.39, 0.29) is 5.75 Å². The molecule has 1 heterocycles. The summed E-state index contributed by atoms with van der Waals surface area (Å²) < 4.78 is 5.07. The van der Waals surface area contributed by atoms with Crippen molar-refractivity contribution in [3.05, 3.63) is 29.6 Å². The third kappa shape index (κ3) is 7.31. The fourth-order valence-corrected chi connectivity index (χ4v) is 2.59. The van der Waals surface area contributed by atoms with Crippen molar-refractivity contribution in [1.29, 1.82) is 0 Å². The zero-order valence-corrected chi connectivity index (χ0v) is 14.1. The number of carbonyl (C=O) groups is 2. The Balaban J connectivity index is 2.48. The van der Waals surface area contributed by atoms with Crippen LogP contribution in [0.3, 0.4) is 0 Å². The number of aromatic nitrogens is 1. The Morgan fingerprint density at radius 2 is 2.09 bits per heavy atom. The monoisotopic (exact) mass is 326 g/mol. The van der Waals surface area contributed by atoms with Crippen LogP contribution in [0.4, 0.5) is 4.79 Å². The lowest BCUT2D eigenvalue weighted by atomic mass is 10.2. The van der Waals surface area contributed by atoms with E-state index in [9.17, 15) is 9.59 Å². The van der Waals surface area contributed by atoms with Crippen molar-refractivity contribution in [3.8, 4) is 0 Å². The van der Waals surface area contributed by atoms with Gasteiger partial charge in [0.2, 0.25) is 0 Å². The first-order valence-electron chi connectivity index (χ1n) is 6.88. The van der Waals surface area contributed by atoms with E-state index in [4.69, 9.17) is 9.84 Å². The number of alkyl carbamates (subject to hydrolysis) is 1. The molecule has 0 saturated heterocycles. The van der Waals surface area contributed by atoms with Crippen molar-refractivity contribution in [1.82, 2.24) is 10.3 Å². The lowest BCUT2D eigenvalue weighted by molar-refractivity contribution is -0.138. The summed E-state index contributed by atoms with van der Waals surface area (Å²) in [6, 6.07) is 1.01. The molecule has 0 aliphatic heterocycles. The Labute approximate surface area is 134 Å². The van der Waals surface area contributed by atoms with E-state index >= 15 is 0 Å². The van der Waals surface area contributed by atoms with Gasteiger partial charge in [0, 0.05) is 23.9 Å². The van der Waals surface area contributed by atoms with Gasteiger partial charge >= 0.3 is 12.1 Å². The lowest BCUT2D eigenvalue weighted by Gasteiger charge is -2.21. The number of nitrogens with one attached hydrogen (secondary N) is 1. The van der Waals surface area contributed by atoms with Crippen molar-refractivity contribution < 1.29 is 19.4 Å². The maximum Gasteiger partial charge on any atom is 0.408 e. The van der Waals surface area contributed by atoms with Crippen LogP contribution in [0.1, 0.15) is 31.9 Å². The van der Waals surface area contributed by atoms with Gasteiger partial charge in [-0.15, -0.1) is 0 Å². The van der Waals surface area contributed by atoms with Crippen molar-refractivity contribution in [3.63, 3.8) is 0 Å². The number of nitrogens with zero attached hydrogens (tertiary/aromatic N) is 1. The summed E-state index contributed by atoms with van der Waals surface area (Å²) >= 11 is 1.42. The molecule has 0 radical (unpaired) electrons. The number of hydrogen-bond acceptors (Lipinski definition) is 5. The number of ether oxygens (including phenoxy) is 1. The normalized spacial score (nSPS) is 12.5. The highest BCUT2D eigenvalue weighted by Crippen LogP contribution is 2.14. The SMILES string of the molecule is Cc1cncc(CSCC(NC(=O)OC(C)(C)C)C(=O)O)c1. The highest BCUT2D eigenvalue weighted by Gasteiger charge is 2.23. The second-order valence-electron chi connectivity index (χ2n) is 5.92. The van der Waals surface area contributed by atoms with Gasteiger partial charge in [0.05, 0.1) is 0 Å². The maximum absolute atomic E-state index is 11.6. The summed E-state index contributed by atoms with van der Waals surface area (Å²) in [4.78, 5) is 26.9. The predicted octanol–water partition coefficient (Wildman–Crippen LogP) is 2.60. The third-order valence-electron chi connectivity index (χ3n) is 2.47. The zero-order chi connectivity index (χ0) is 16.8. The number of pyridine rings is 1. The molecule has 1 rings (SSSR count). The van der Waals surface area contributed by atoms with Gasteiger partial charge in [0.25, 0.3) is 0 Å². The van der Waals surface area contributed by atoms with E-state index in [2.05, 4.69) is 10.3 Å². The molecule has 0 aromatic carbocycles. The minimum atomic E-state index is -1.08. The Morgan fingerprint density at radius 1 is 1.41 bits per heavy atom. The number of aliphatic carboxylic acids is 1. The standard InChI is InChI=1S/C15H22N2O4S/c1-10-5-11(7-16-6-10)8-22-9-12(13(18)19)17-14(20)21-15(2,3)4/h5-7,12H,8-9H2,1-4H3,(H,17,20)(H,18,19). The van der Waals surface area contributed by atoms with Crippen LogP contribution in [0.2, 0.25) is 0 Å². The van der Waals surface area contributed by atoms with Crippen LogP contribution in [0.15, 0.2) is 18.5 Å². The molecule has 22 heavy (non-hydrogen) atoms. The summed E-state index contributed by atoms with van der Waals surface area (Å²) in [7, 11) is 0. The number of thioether (sulfide) groups is 1. The van der Waals surface area contributed by atoms with Crippen LogP contribution in [0, 0.1) is 6.92 Å². The molecule has 1 aromatic rings. The quantitative estimate of drug-likeness (QED) is 0.835. The minimum absolute atomic E-state index is 0.252. The number of carboxylic acids is 1. The summed E-state index contributed by atoms with van der Waals surface area (Å²) in [6.07, 6.45) is 2.78. The number of aryl methyl sites for hydroxylation is 1. The van der Waals surface area contributed by atoms with Gasteiger partial charge < -0.3 is 15.2 Å². The zero-order valence-electron chi connectivity index (χ0n) is 13.3. The predicted molar refractivity (Wildman–Crippen MR) is 85.9 cm³/mol. The van der Waals surface area contributed by atoms with Gasteiger partial charge in [0.15, 0.2) is 0 Å². The van der Waals surface area contributed by atoms with E-state index in [0.29, 0.717) is 5.75 Å². The smallest absolute Gasteiger partial charge is 0.408 e. The highest BCUT2D eigenvalue weighted by molar-refractivity contribution is 7.98. The van der Waals surface area contributed by atoms with Gasteiger partial charge in [-0.2, -0.15) is 11.8 Å². The second-order valence-corrected chi connectivity index (χ2v) is 6.95. The molecule has 122 valence electrons. The molecule has 0 aliphatic carbocycles. The average Bonchev–Trinajstić information content (AvgIpc) is 2.35. The molecule has 7 heteroatoms. The van der Waals surface area contributed by atoms with Crippen molar-refractivity contribution >= 4 is 23.8 Å². The van der Waals surface area contributed by atoms with Crippen LogP contribution in [-0.4, -0.2) is 39.5 Å². The molecule has 1 amide bonds. The number of hydrogen-bond donors (Lipinski definition) is 2. The Kier molecular flexibility index (Phi) is 6.67. The van der Waals surface area contributed by atoms with Gasteiger partial charge in [-0.3, -0.25) is 4.98 Å². The minimum Gasteiger partial charge on any atom is -0.480 e. The summed E-state index contributed by atoms with van der Waals surface area (Å²) in [5, 5.41) is 11.5. The van der Waals surface area contributed by atoms with E-state index in [1.165, 1.54) is 11.8 Å². The van der Waals surface area contributed by atoms with E-state index in [1.807, 2.05) is 13.0 Å². The Hall–Kier alpha value is -1.76. The van der Waals surface area contributed by atoms with Crippen LogP contribution >= 0.6 is 11.8 Å². The molecule has 0 aliphatic rings. The highest BCUT2D eigenvalue weighted by atomic mass is 32.2. The second kappa shape index (κ2) is 8.03. The summed E-state index contributed by atoms with van der Waals surface area (Å²) in [5.41, 5.74) is 1.42. The molecule has 0 bridgehead atoms. The molecule has 0 spiro atoms. The van der Waals surface area contributed by atoms with E-state index in [0.717, 1.165) is 11.1 Å². The van der Waals surface area contributed by atoms with Crippen molar-refractivity contribution in [2.24, 2.45) is 0 Å². The van der Waals surface area contributed by atoms with Crippen LogP contribution in [0.5, 0.6) is 0 Å². The van der Waals surface area contributed by atoms with E-state index in [1.54, 1.807) is 33.2 Å². The first kappa shape index (κ1) is 18.3. The lowest BCUT2D eigenvalue weighted by Crippen LogP contribution is -2.44. The fourth-order valence-electron chi connectivity index (χ4n) is 1.62. The fraction of sp³-hybridized carbons (Fsp3) is 0.533. The van der Waals surface area contributed by atoms with Crippen LogP contribution < -0.4 is 5.32 Å². The summed E-state index contributed by atoms with van der Waals surface area (Å²) in [6.45, 7) is 7.12. The first-order chi connectivity index (χ1) is 10.2. The molecular formula is C15H22N2O4S. The Bertz CT molecular complexity index is 529. The topological polar surface area (TPSA) is 88.5 Å². The molecule has 6 nitrogen and oxygen atoms in total. The number of amides is 1. The molecular weight excluding hydrogens is 304 g/mol. The molecule has 1 unspecified atom stereocenters.